The van der Waals surface area contributed by atoms with E-state index in [0.717, 1.165) is 19.4 Å². The molecule has 0 aromatic heterocycles. The predicted molar refractivity (Wildman–Crippen MR) is 87.1 cm³/mol. The third-order valence-electron chi connectivity index (χ3n) is 3.81. The van der Waals surface area contributed by atoms with E-state index in [1.807, 2.05) is 24.3 Å². The van der Waals surface area contributed by atoms with Crippen LogP contribution in [0, 0.1) is 5.41 Å². The molecule has 21 heavy (non-hydrogen) atoms. The van der Waals surface area contributed by atoms with Crippen molar-refractivity contribution in [1.82, 2.24) is 0 Å². The van der Waals surface area contributed by atoms with Gasteiger partial charge >= 0.3 is 0 Å². The third kappa shape index (κ3) is 5.14. The Labute approximate surface area is 128 Å². The minimum atomic E-state index is 0.221. The lowest BCUT2D eigenvalue weighted by Crippen LogP contribution is -2.16. The molecule has 0 saturated heterocycles. The predicted octanol–water partition coefficient (Wildman–Crippen LogP) is 4.52. The molecule has 1 aromatic carbocycles. The third-order valence-corrected chi connectivity index (χ3v) is 3.81. The first-order chi connectivity index (χ1) is 10.1. The van der Waals surface area contributed by atoms with E-state index in [2.05, 4.69) is 38.6 Å². The van der Waals surface area contributed by atoms with Crippen molar-refractivity contribution < 1.29 is 9.47 Å². The standard InChI is InChI=1S/C19H26O2/c1-4-12-21-18(17-14-19(17,2)3)11-8-13-20-15-16-9-6-5-7-10-16/h4-7,9-10,14,18H,1,8,11-13,15H2,2-3H3. The van der Waals surface area contributed by atoms with E-state index in [-0.39, 0.29) is 11.5 Å². The van der Waals surface area contributed by atoms with E-state index in [0.29, 0.717) is 13.2 Å². The van der Waals surface area contributed by atoms with Crippen LogP contribution in [0.4, 0.5) is 0 Å². The van der Waals surface area contributed by atoms with Crippen LogP contribution in [0.15, 0.2) is 54.6 Å². The summed E-state index contributed by atoms with van der Waals surface area (Å²) in [5.74, 6) is 0. The average Bonchev–Trinajstić information content (AvgIpc) is 3.11. The van der Waals surface area contributed by atoms with E-state index in [1.165, 1.54) is 11.1 Å². The molecule has 1 unspecified atom stereocenters. The van der Waals surface area contributed by atoms with Crippen LogP contribution in [0.5, 0.6) is 0 Å². The quantitative estimate of drug-likeness (QED) is 0.465. The molecule has 0 amide bonds. The number of hydrogen-bond acceptors (Lipinski definition) is 2. The van der Waals surface area contributed by atoms with E-state index in [9.17, 15) is 0 Å². The van der Waals surface area contributed by atoms with Gasteiger partial charge in [0.1, 0.15) is 0 Å². The monoisotopic (exact) mass is 286 g/mol. The first-order valence-corrected chi connectivity index (χ1v) is 7.71. The average molecular weight is 286 g/mol. The van der Waals surface area contributed by atoms with Crippen LogP contribution in [0.3, 0.4) is 0 Å². The Balaban J connectivity index is 1.65. The summed E-state index contributed by atoms with van der Waals surface area (Å²) in [7, 11) is 0. The smallest absolute Gasteiger partial charge is 0.0798 e. The largest absolute Gasteiger partial charge is 0.377 e. The zero-order chi connectivity index (χ0) is 15.1. The SMILES string of the molecule is C=CCOC(CCCOCc1ccccc1)C1=CC1(C)C. The van der Waals surface area contributed by atoms with Gasteiger partial charge in [0.25, 0.3) is 0 Å². The van der Waals surface area contributed by atoms with Gasteiger partial charge in [-0.2, -0.15) is 0 Å². The maximum absolute atomic E-state index is 5.87. The molecular weight excluding hydrogens is 260 g/mol. The van der Waals surface area contributed by atoms with Gasteiger partial charge in [-0.05, 0) is 24.0 Å². The second kappa shape index (κ2) is 7.58. The highest BCUT2D eigenvalue weighted by molar-refractivity contribution is 5.39. The molecule has 2 rings (SSSR count). The molecule has 1 aliphatic carbocycles. The fourth-order valence-corrected chi connectivity index (χ4v) is 2.51. The van der Waals surface area contributed by atoms with Gasteiger partial charge in [0, 0.05) is 12.0 Å². The number of rotatable bonds is 10. The van der Waals surface area contributed by atoms with Crippen molar-refractivity contribution >= 4 is 0 Å². The van der Waals surface area contributed by atoms with Crippen LogP contribution in [0.2, 0.25) is 0 Å². The van der Waals surface area contributed by atoms with Gasteiger partial charge in [-0.3, -0.25) is 0 Å². The van der Waals surface area contributed by atoms with Crippen molar-refractivity contribution in [3.8, 4) is 0 Å². The van der Waals surface area contributed by atoms with Crippen molar-refractivity contribution in [2.24, 2.45) is 5.41 Å². The van der Waals surface area contributed by atoms with E-state index < -0.39 is 0 Å². The molecule has 2 nitrogen and oxygen atoms in total. The van der Waals surface area contributed by atoms with Crippen LogP contribution >= 0.6 is 0 Å². The highest BCUT2D eigenvalue weighted by Gasteiger charge is 2.39. The Bertz CT molecular complexity index is 474. The number of hydrogen-bond donors (Lipinski definition) is 0. The minimum Gasteiger partial charge on any atom is -0.377 e. The maximum Gasteiger partial charge on any atom is 0.0798 e. The first kappa shape index (κ1) is 16.0. The molecular formula is C19H26O2. The summed E-state index contributed by atoms with van der Waals surface area (Å²) < 4.78 is 11.6. The fraction of sp³-hybridized carbons (Fsp3) is 0.474. The molecule has 0 aliphatic heterocycles. The summed E-state index contributed by atoms with van der Waals surface area (Å²) in [4.78, 5) is 0. The minimum absolute atomic E-state index is 0.221. The Morgan fingerprint density at radius 3 is 2.57 bits per heavy atom. The van der Waals surface area contributed by atoms with Crippen molar-refractivity contribution in [1.29, 1.82) is 0 Å². The molecule has 0 fully saturated rings. The Morgan fingerprint density at radius 1 is 1.24 bits per heavy atom. The van der Waals surface area contributed by atoms with Gasteiger partial charge in [-0.1, -0.05) is 56.3 Å². The van der Waals surface area contributed by atoms with Crippen molar-refractivity contribution in [2.75, 3.05) is 13.2 Å². The van der Waals surface area contributed by atoms with Crippen LogP contribution in [0.25, 0.3) is 0 Å². The Hall–Kier alpha value is -1.38. The van der Waals surface area contributed by atoms with E-state index >= 15 is 0 Å². The maximum atomic E-state index is 5.87. The molecule has 0 N–H and O–H groups in total. The number of benzene rings is 1. The fourth-order valence-electron chi connectivity index (χ4n) is 2.51. The van der Waals surface area contributed by atoms with Gasteiger partial charge in [0.15, 0.2) is 0 Å². The van der Waals surface area contributed by atoms with Crippen LogP contribution in [-0.4, -0.2) is 19.3 Å². The molecule has 0 bridgehead atoms. The summed E-state index contributed by atoms with van der Waals surface area (Å²) >= 11 is 0. The molecule has 2 heteroatoms. The highest BCUT2D eigenvalue weighted by Crippen LogP contribution is 2.46. The van der Waals surface area contributed by atoms with Gasteiger partial charge in [0.2, 0.25) is 0 Å². The van der Waals surface area contributed by atoms with E-state index in [4.69, 9.17) is 9.47 Å². The first-order valence-electron chi connectivity index (χ1n) is 7.71. The molecule has 1 aliphatic rings. The van der Waals surface area contributed by atoms with Crippen molar-refractivity contribution in [2.45, 2.75) is 39.4 Å². The molecule has 114 valence electrons. The van der Waals surface area contributed by atoms with Crippen molar-refractivity contribution in [3.05, 3.63) is 60.2 Å². The number of allylic oxidation sites excluding steroid dienone is 1. The summed E-state index contributed by atoms with van der Waals surface area (Å²) in [6.07, 6.45) is 6.36. The molecule has 0 radical (unpaired) electrons. The normalized spacial score (nSPS) is 17.1. The summed E-state index contributed by atoms with van der Waals surface area (Å²) in [5, 5.41) is 0. The Morgan fingerprint density at radius 2 is 1.95 bits per heavy atom. The zero-order valence-electron chi connectivity index (χ0n) is 13.2. The van der Waals surface area contributed by atoms with Crippen LogP contribution < -0.4 is 0 Å². The molecule has 0 heterocycles. The Kier molecular flexibility index (Phi) is 5.77. The van der Waals surface area contributed by atoms with E-state index in [1.54, 1.807) is 0 Å². The zero-order valence-corrected chi connectivity index (χ0v) is 13.2. The second-order valence-electron chi connectivity index (χ2n) is 6.11. The highest BCUT2D eigenvalue weighted by atomic mass is 16.5. The van der Waals surface area contributed by atoms with Crippen molar-refractivity contribution in [3.63, 3.8) is 0 Å². The van der Waals surface area contributed by atoms with Gasteiger partial charge in [-0.15, -0.1) is 6.58 Å². The lowest BCUT2D eigenvalue weighted by Gasteiger charge is -2.18. The molecule has 1 aromatic rings. The summed E-state index contributed by atoms with van der Waals surface area (Å²) in [5.41, 5.74) is 2.90. The lowest BCUT2D eigenvalue weighted by molar-refractivity contribution is 0.0705. The van der Waals surface area contributed by atoms with Gasteiger partial charge in [0.05, 0.1) is 19.3 Å². The number of ether oxygens (including phenoxy) is 2. The van der Waals surface area contributed by atoms with Crippen LogP contribution in [-0.2, 0) is 16.1 Å². The summed E-state index contributed by atoms with van der Waals surface area (Å²) in [6.45, 7) is 10.3. The van der Waals surface area contributed by atoms with Gasteiger partial charge < -0.3 is 9.47 Å². The molecule has 0 spiro atoms. The topological polar surface area (TPSA) is 18.5 Å². The second-order valence-corrected chi connectivity index (χ2v) is 6.11. The lowest BCUT2D eigenvalue weighted by atomic mass is 10.0. The van der Waals surface area contributed by atoms with Gasteiger partial charge in [-0.25, -0.2) is 0 Å². The molecule has 1 atom stereocenters. The van der Waals surface area contributed by atoms with Crippen LogP contribution in [0.1, 0.15) is 32.3 Å². The summed E-state index contributed by atoms with van der Waals surface area (Å²) in [6, 6.07) is 10.3. The molecule has 0 saturated carbocycles.